The fraction of sp³-hybridized carbons (Fsp3) is 0.435. The number of rotatable bonds is 7. The molecule has 0 spiro atoms. The fourth-order valence-electron chi connectivity index (χ4n) is 4.19. The lowest BCUT2D eigenvalue weighted by atomic mass is 10.2. The van der Waals surface area contributed by atoms with E-state index in [4.69, 9.17) is 26.1 Å². The summed E-state index contributed by atoms with van der Waals surface area (Å²) >= 11 is 7.65. The summed E-state index contributed by atoms with van der Waals surface area (Å²) in [5, 5.41) is 1.57. The molecule has 7 nitrogen and oxygen atoms in total. The van der Waals surface area contributed by atoms with Crippen LogP contribution >= 0.6 is 23.4 Å². The molecule has 0 aliphatic carbocycles. The van der Waals surface area contributed by atoms with Gasteiger partial charge < -0.3 is 14.0 Å². The first kappa shape index (κ1) is 23.1. The molecule has 1 aromatic heterocycles. The SMILES string of the molecule is O=S(=O)(c1ccc2c(c1)nc(SCc1ccc(Cl)cc1)n2C[C@H]1CCCO1)N1CCOCC1. The van der Waals surface area contributed by atoms with E-state index in [0.29, 0.717) is 43.4 Å². The summed E-state index contributed by atoms with van der Waals surface area (Å²) in [6.07, 6.45) is 2.23. The summed E-state index contributed by atoms with van der Waals surface area (Å²) in [5.74, 6) is 0.741. The van der Waals surface area contributed by atoms with Crippen LogP contribution in [0.4, 0.5) is 0 Å². The molecule has 2 fully saturated rings. The van der Waals surface area contributed by atoms with Gasteiger partial charge >= 0.3 is 0 Å². The Bertz CT molecular complexity index is 1220. The zero-order valence-corrected chi connectivity index (χ0v) is 20.5. The number of sulfonamides is 1. The number of nitrogens with zero attached hydrogens (tertiary/aromatic N) is 3. The molecule has 1 atom stereocenters. The number of thioether (sulfide) groups is 1. The number of aromatic nitrogens is 2. The summed E-state index contributed by atoms with van der Waals surface area (Å²) in [5.41, 5.74) is 2.75. The monoisotopic (exact) mass is 507 g/mol. The van der Waals surface area contributed by atoms with E-state index >= 15 is 0 Å². The first-order valence-corrected chi connectivity index (χ1v) is 13.9. The van der Waals surface area contributed by atoms with Gasteiger partial charge in [-0.1, -0.05) is 35.5 Å². The van der Waals surface area contributed by atoms with Crippen LogP contribution in [0.25, 0.3) is 11.0 Å². The first-order valence-electron chi connectivity index (χ1n) is 11.1. The first-order chi connectivity index (χ1) is 16.0. The highest BCUT2D eigenvalue weighted by molar-refractivity contribution is 7.98. The quantitative estimate of drug-likeness (QED) is 0.447. The van der Waals surface area contributed by atoms with E-state index in [9.17, 15) is 8.42 Å². The third-order valence-corrected chi connectivity index (χ3v) is 9.18. The van der Waals surface area contributed by atoms with E-state index in [0.717, 1.165) is 41.4 Å². The maximum Gasteiger partial charge on any atom is 0.243 e. The van der Waals surface area contributed by atoms with Gasteiger partial charge in [0.2, 0.25) is 10.0 Å². The Kier molecular flexibility index (Phi) is 6.96. The van der Waals surface area contributed by atoms with E-state index in [2.05, 4.69) is 4.57 Å². The summed E-state index contributed by atoms with van der Waals surface area (Å²) < 4.78 is 41.1. The normalized spacial score (nSPS) is 20.0. The minimum Gasteiger partial charge on any atom is -0.379 e. The van der Waals surface area contributed by atoms with Crippen LogP contribution in [0.2, 0.25) is 5.02 Å². The number of hydrogen-bond donors (Lipinski definition) is 0. The molecule has 3 heterocycles. The van der Waals surface area contributed by atoms with Crippen LogP contribution in [0.3, 0.4) is 0 Å². The molecule has 176 valence electrons. The van der Waals surface area contributed by atoms with E-state index < -0.39 is 10.0 Å². The number of ether oxygens (including phenoxy) is 2. The average Bonchev–Trinajstić information content (AvgIpc) is 3.47. The molecule has 5 rings (SSSR count). The summed E-state index contributed by atoms with van der Waals surface area (Å²) in [6, 6.07) is 13.0. The Labute approximate surface area is 203 Å². The maximum absolute atomic E-state index is 13.1. The van der Waals surface area contributed by atoms with E-state index in [1.54, 1.807) is 23.9 Å². The lowest BCUT2D eigenvalue weighted by Crippen LogP contribution is -2.40. The molecule has 0 N–H and O–H groups in total. The van der Waals surface area contributed by atoms with Gasteiger partial charge in [-0.25, -0.2) is 13.4 Å². The lowest BCUT2D eigenvalue weighted by molar-refractivity contribution is 0.0730. The van der Waals surface area contributed by atoms with Crippen LogP contribution in [-0.2, 0) is 31.8 Å². The van der Waals surface area contributed by atoms with E-state index in [-0.39, 0.29) is 11.0 Å². The standard InChI is InChI=1S/C23H26ClN3O4S2/c24-18-5-3-17(4-6-18)16-32-23-25-21-14-20(33(28,29)26-9-12-30-13-10-26)7-8-22(21)27(23)15-19-2-1-11-31-19/h3-8,14,19H,1-2,9-13,15-16H2/t19-/m1/s1. The number of benzene rings is 2. The summed E-state index contributed by atoms with van der Waals surface area (Å²) in [6.45, 7) is 3.07. The second-order valence-electron chi connectivity index (χ2n) is 8.22. The van der Waals surface area contributed by atoms with Crippen LogP contribution in [0, 0.1) is 0 Å². The van der Waals surface area contributed by atoms with Gasteiger partial charge in [0.25, 0.3) is 0 Å². The predicted molar refractivity (Wildman–Crippen MR) is 129 cm³/mol. The largest absolute Gasteiger partial charge is 0.379 e. The molecule has 0 bridgehead atoms. The number of halogens is 1. The molecule has 0 amide bonds. The summed E-state index contributed by atoms with van der Waals surface area (Å²) in [7, 11) is -3.58. The van der Waals surface area contributed by atoms with Gasteiger partial charge in [0.1, 0.15) is 0 Å². The van der Waals surface area contributed by atoms with Crippen LogP contribution in [0.1, 0.15) is 18.4 Å². The number of hydrogen-bond acceptors (Lipinski definition) is 6. The van der Waals surface area contributed by atoms with Crippen molar-refractivity contribution in [1.29, 1.82) is 0 Å². The van der Waals surface area contributed by atoms with Crippen molar-refractivity contribution in [3.63, 3.8) is 0 Å². The Hall–Kier alpha value is -1.62. The lowest BCUT2D eigenvalue weighted by Gasteiger charge is -2.26. The number of imidazole rings is 1. The molecule has 2 aliphatic heterocycles. The third-order valence-electron chi connectivity index (χ3n) is 5.98. The van der Waals surface area contributed by atoms with Gasteiger partial charge in [-0.15, -0.1) is 0 Å². The molecule has 0 saturated carbocycles. The molecule has 0 radical (unpaired) electrons. The molecule has 33 heavy (non-hydrogen) atoms. The van der Waals surface area contributed by atoms with Crippen LogP contribution < -0.4 is 0 Å². The molecule has 2 aliphatic rings. The highest BCUT2D eigenvalue weighted by Crippen LogP contribution is 2.31. The Morgan fingerprint density at radius 3 is 2.61 bits per heavy atom. The minimum atomic E-state index is -3.58. The third kappa shape index (κ3) is 5.08. The second-order valence-corrected chi connectivity index (χ2v) is 11.5. The van der Waals surface area contributed by atoms with Crippen molar-refractivity contribution in [2.45, 2.75) is 41.3 Å². The minimum absolute atomic E-state index is 0.147. The van der Waals surface area contributed by atoms with Gasteiger partial charge in [0.05, 0.1) is 41.8 Å². The Balaban J connectivity index is 1.46. The molecule has 2 saturated heterocycles. The van der Waals surface area contributed by atoms with Crippen LogP contribution in [0.15, 0.2) is 52.5 Å². The van der Waals surface area contributed by atoms with Crippen molar-refractivity contribution in [3.8, 4) is 0 Å². The molecule has 10 heteroatoms. The maximum atomic E-state index is 13.1. The molecule has 3 aromatic rings. The fourth-order valence-corrected chi connectivity index (χ4v) is 6.73. The molecular weight excluding hydrogens is 482 g/mol. The molecule has 0 unspecified atom stereocenters. The van der Waals surface area contributed by atoms with Crippen molar-refractivity contribution in [2.75, 3.05) is 32.9 Å². The zero-order chi connectivity index (χ0) is 22.8. The van der Waals surface area contributed by atoms with E-state index in [1.165, 1.54) is 4.31 Å². The summed E-state index contributed by atoms with van der Waals surface area (Å²) in [4.78, 5) is 5.11. The van der Waals surface area contributed by atoms with Crippen LogP contribution in [0.5, 0.6) is 0 Å². The number of fused-ring (bicyclic) bond motifs is 1. The predicted octanol–water partition coefficient (Wildman–Crippen LogP) is 4.18. The van der Waals surface area contributed by atoms with Gasteiger partial charge in [-0.2, -0.15) is 4.31 Å². The van der Waals surface area contributed by atoms with E-state index in [1.807, 2.05) is 30.3 Å². The van der Waals surface area contributed by atoms with Gasteiger partial charge in [0, 0.05) is 30.5 Å². The van der Waals surface area contributed by atoms with Crippen molar-refractivity contribution in [1.82, 2.24) is 13.9 Å². The average molecular weight is 508 g/mol. The smallest absolute Gasteiger partial charge is 0.243 e. The highest BCUT2D eigenvalue weighted by Gasteiger charge is 2.27. The van der Waals surface area contributed by atoms with Crippen molar-refractivity contribution in [3.05, 3.63) is 53.1 Å². The highest BCUT2D eigenvalue weighted by atomic mass is 35.5. The zero-order valence-electron chi connectivity index (χ0n) is 18.2. The van der Waals surface area contributed by atoms with Crippen molar-refractivity contribution >= 4 is 44.4 Å². The topological polar surface area (TPSA) is 73.7 Å². The molecular formula is C23H26ClN3O4S2. The van der Waals surface area contributed by atoms with Crippen molar-refractivity contribution in [2.24, 2.45) is 0 Å². The van der Waals surface area contributed by atoms with Gasteiger partial charge in [-0.3, -0.25) is 0 Å². The van der Waals surface area contributed by atoms with Crippen LogP contribution in [-0.4, -0.2) is 61.3 Å². The molecule has 2 aromatic carbocycles. The Morgan fingerprint density at radius 1 is 1.09 bits per heavy atom. The van der Waals surface area contributed by atoms with Crippen molar-refractivity contribution < 1.29 is 17.9 Å². The van der Waals surface area contributed by atoms with Gasteiger partial charge in [0.15, 0.2) is 5.16 Å². The Morgan fingerprint density at radius 2 is 1.88 bits per heavy atom. The number of morpholine rings is 1. The van der Waals surface area contributed by atoms with Gasteiger partial charge in [-0.05, 0) is 48.7 Å². The second kappa shape index (κ2) is 9.93.